The van der Waals surface area contributed by atoms with Gasteiger partial charge >= 0.3 is 6.18 Å². The van der Waals surface area contributed by atoms with Gasteiger partial charge in [-0.1, -0.05) is 55.2 Å². The van der Waals surface area contributed by atoms with Crippen LogP contribution in [-0.4, -0.2) is 236 Å². The SMILES string of the molecule is CC[N+](C)(C)CCCNC(=O)[C@H]1NC(=O)[C@H]2NC(=O)[C@H](NC(=O)[C@@H]3NC(=O)[C@H](CC(N)=O)NC(=O)[C@H](NC(=O)[C@@H](CC(C)C)NC)[C@H](O)c4ccc(c(Cl)c4)Oc4cc3cc(c4O[C@@H]3O[C@H](CO)[C@@H](O)[C@H](O)[C@H]3O[C@H]3C[C@](C)(N)[C@H](O)[C@H](C)O3)Oc3ccc(cc3Cl)[C@H]2O)c2ccc(O)c(c2)-c2c(O)cc(O)cc21.O=C([O-])C(F)(F)F. The van der Waals surface area contributed by atoms with E-state index in [0.717, 1.165) is 61.1 Å². The lowest BCUT2D eigenvalue weighted by atomic mass is 9.86. The van der Waals surface area contributed by atoms with Crippen LogP contribution in [0.15, 0.2) is 78.9 Å². The standard InChI is InChI=1S/C73H91Cl2N11O23.C2HF3O2/c1-9-86(7,8)18-10-17-79-67(99)55-38-25-36(88)26-44(90)52(38)37-20-32(11-14-43(37)89)53-68(100)85-57(71(103)83-55)59(93)34-13-16-46(40(75)22-34)106-48-24-35-23-47(62(48)109-72-63(61(95)60(94)49(29-87)107-72)108-51-28-73(5,77)64(96)31(4)104-51)105-45-15-12-33(21-39(45)74)58(92)56(84-65(97)41(78-6)19-30(2)3)70(102)80-42(27-50(76)91)66(98)81-54(35)69(101)82-53;3-2(4,5)1(6)7/h11-16,20-26,30-31,41-42,49,51,53-61,63-64,72,78,87,92-96H,9-10,17-19,27-29,77H2,1-8H3,(H11-,76,79,80,81,82,83,84,85,88,89,90,91,97,98,99,100,101,102,103);(H,6,7)/t31-,41+,42-,49+,51-,53+,54+,55-,56+,57-,58+,59+,60+,61-,63+,64+,72-,73-;/m0./s1. The first kappa shape index (κ1) is 89.9. The number of aliphatic hydroxyl groups excluding tert-OH is 6. The first-order valence-electron chi connectivity index (χ1n) is 36.5. The molecule has 36 nitrogen and oxygen atoms in total. The molecule has 21 N–H and O–H groups in total. The van der Waals surface area contributed by atoms with Gasteiger partial charge in [-0.25, -0.2) is 0 Å². The van der Waals surface area contributed by atoms with Crippen molar-refractivity contribution < 1.29 is 140 Å². The molecule has 5 aromatic carbocycles. The first-order chi connectivity index (χ1) is 54.3. The van der Waals surface area contributed by atoms with E-state index in [9.17, 15) is 78.3 Å². The van der Waals surface area contributed by atoms with Crippen LogP contribution in [0.4, 0.5) is 13.2 Å². The number of aliphatic carboxylic acids is 1. The molecule has 0 radical (unpaired) electrons. The smallest absolute Gasteiger partial charge is 0.430 e. The number of nitrogens with one attached hydrogen (secondary N) is 8. The van der Waals surface area contributed by atoms with Crippen molar-refractivity contribution in [2.75, 3.05) is 47.4 Å². The molecule has 632 valence electrons. The van der Waals surface area contributed by atoms with E-state index in [-0.39, 0.29) is 69.6 Å². The molecule has 7 aliphatic rings. The number of benzene rings is 5. The predicted molar refractivity (Wildman–Crippen MR) is 398 cm³/mol. The third kappa shape index (κ3) is 21.0. The van der Waals surface area contributed by atoms with E-state index in [2.05, 4.69) is 42.5 Å². The van der Waals surface area contributed by atoms with Crippen molar-refractivity contribution in [3.8, 4) is 57.1 Å². The third-order valence-corrected chi connectivity index (χ3v) is 20.7. The number of likely N-dealkylation sites (N-methyl/N-ethyl adjacent to an activating group) is 1. The number of nitrogens with two attached hydrogens (primary N) is 2. The monoisotopic (exact) mass is 1670 g/mol. The summed E-state index contributed by atoms with van der Waals surface area (Å²) in [6.45, 7) is 9.03. The molecule has 0 spiro atoms. The number of alkyl halides is 3. The minimum atomic E-state index is -5.19. The number of amides is 8. The van der Waals surface area contributed by atoms with Gasteiger partial charge in [0.2, 0.25) is 59.3 Å². The maximum absolute atomic E-state index is 16.2. The number of halogens is 5. The molecule has 0 unspecified atom stereocenters. The van der Waals surface area contributed by atoms with Crippen LogP contribution >= 0.6 is 23.2 Å². The molecular weight excluding hydrogens is 1580 g/mol. The van der Waals surface area contributed by atoms with Gasteiger partial charge in [-0.05, 0) is 123 Å². The molecule has 11 bridgehead atoms. The van der Waals surface area contributed by atoms with Crippen LogP contribution in [-0.2, 0) is 57.4 Å². The fraction of sp³-hybridized carbons (Fsp3) is 0.480. The van der Waals surface area contributed by atoms with Crippen molar-refractivity contribution in [1.82, 2.24) is 42.5 Å². The van der Waals surface area contributed by atoms with Crippen LogP contribution in [0.1, 0.15) is 118 Å². The molecule has 41 heteroatoms. The maximum atomic E-state index is 16.2. The molecule has 18 atom stereocenters. The van der Waals surface area contributed by atoms with Crippen LogP contribution in [0.5, 0.6) is 46.0 Å². The Balaban J connectivity index is 0.00000210. The quantitative estimate of drug-likeness (QED) is 0.0403. The number of hydrogen-bond donors (Lipinski definition) is 19. The van der Waals surface area contributed by atoms with Crippen molar-refractivity contribution in [1.29, 1.82) is 0 Å². The highest BCUT2D eigenvalue weighted by molar-refractivity contribution is 6.32. The molecule has 116 heavy (non-hydrogen) atoms. The number of carbonyl (C=O) groups is 9. The average Bonchev–Trinajstić information content (AvgIpc) is 0.763. The largest absolute Gasteiger partial charge is 0.542 e. The highest BCUT2D eigenvalue weighted by Gasteiger charge is 2.52. The van der Waals surface area contributed by atoms with Crippen LogP contribution < -0.4 is 73.3 Å². The van der Waals surface area contributed by atoms with Crippen molar-refractivity contribution in [3.63, 3.8) is 0 Å². The molecule has 0 aromatic heterocycles. The second-order valence-corrected chi connectivity index (χ2v) is 30.6. The van der Waals surface area contributed by atoms with E-state index < -0.39 is 232 Å². The summed E-state index contributed by atoms with van der Waals surface area (Å²) in [6, 6.07) is 0.572. The van der Waals surface area contributed by atoms with E-state index in [1.807, 2.05) is 34.9 Å². The number of carboxylic acid groups (broad SMARTS) is 1. The van der Waals surface area contributed by atoms with Crippen molar-refractivity contribution >= 4 is 76.4 Å². The summed E-state index contributed by atoms with van der Waals surface area (Å²) in [6.07, 6.45) is -23.2. The van der Waals surface area contributed by atoms with Crippen LogP contribution in [0.3, 0.4) is 0 Å². The number of fused-ring (bicyclic) bond motifs is 15. The Bertz CT molecular complexity index is 4530. The second-order valence-electron chi connectivity index (χ2n) is 29.8. The number of quaternary nitrogens is 1. The van der Waals surface area contributed by atoms with Gasteiger partial charge in [-0.15, -0.1) is 0 Å². The number of ether oxygens (including phenoxy) is 6. The van der Waals surface area contributed by atoms with Gasteiger partial charge in [0.25, 0.3) is 0 Å². The number of primary amides is 1. The van der Waals surface area contributed by atoms with Crippen LogP contribution in [0.25, 0.3) is 11.1 Å². The van der Waals surface area contributed by atoms with E-state index in [1.165, 1.54) is 45.2 Å². The van der Waals surface area contributed by atoms with Gasteiger partial charge < -0.3 is 143 Å². The lowest BCUT2D eigenvalue weighted by Crippen LogP contribution is -2.64. The average molecular weight is 1680 g/mol. The summed E-state index contributed by atoms with van der Waals surface area (Å²) in [4.78, 5) is 129. The van der Waals surface area contributed by atoms with Gasteiger partial charge in [0, 0.05) is 42.1 Å². The number of aromatic hydroxyl groups is 3. The zero-order valence-corrected chi connectivity index (χ0v) is 65.1. The van der Waals surface area contributed by atoms with Gasteiger partial charge in [0.05, 0.1) is 68.5 Å². The van der Waals surface area contributed by atoms with Crippen LogP contribution in [0, 0.1) is 5.92 Å². The summed E-state index contributed by atoms with van der Waals surface area (Å²) in [5, 5.41) is 134. The number of carboxylic acids is 1. The first-order valence-corrected chi connectivity index (χ1v) is 37.2. The molecule has 0 saturated carbocycles. The minimum absolute atomic E-state index is 0.0259. The molecule has 7 aliphatic heterocycles. The number of phenolic OH excluding ortho intramolecular Hbond substituents is 3. The van der Waals surface area contributed by atoms with E-state index >= 15 is 19.2 Å². The Morgan fingerprint density at radius 2 is 1.34 bits per heavy atom. The highest BCUT2D eigenvalue weighted by atomic mass is 35.5. The number of aliphatic hydroxyl groups is 6. The lowest BCUT2D eigenvalue weighted by molar-refractivity contribution is -0.888. The lowest BCUT2D eigenvalue weighted by Gasteiger charge is -2.47. The molecule has 12 rings (SSSR count). The Morgan fingerprint density at radius 1 is 0.750 bits per heavy atom. The molecule has 2 saturated heterocycles. The van der Waals surface area contributed by atoms with E-state index in [1.54, 1.807) is 0 Å². The third-order valence-electron chi connectivity index (χ3n) is 20.1. The second kappa shape index (κ2) is 37.1. The summed E-state index contributed by atoms with van der Waals surface area (Å²) >= 11 is 14.3. The Morgan fingerprint density at radius 3 is 1.90 bits per heavy atom. The molecule has 2 fully saturated rings. The van der Waals surface area contributed by atoms with Gasteiger partial charge in [0.1, 0.15) is 101 Å². The molecule has 5 aromatic rings. The normalized spacial score (nSPS) is 27.3. The number of phenols is 3. The summed E-state index contributed by atoms with van der Waals surface area (Å²) < 4.78 is 70.7. The minimum Gasteiger partial charge on any atom is -0.542 e. The zero-order chi connectivity index (χ0) is 85.7. The summed E-state index contributed by atoms with van der Waals surface area (Å²) in [7, 11) is 5.43. The van der Waals surface area contributed by atoms with E-state index in [0.29, 0.717) is 17.4 Å². The maximum Gasteiger partial charge on any atom is 0.430 e. The zero-order valence-electron chi connectivity index (χ0n) is 63.6. The van der Waals surface area contributed by atoms with Crippen LogP contribution in [0.2, 0.25) is 10.0 Å². The highest BCUT2D eigenvalue weighted by Crippen LogP contribution is 2.50. The van der Waals surface area contributed by atoms with Crippen molar-refractivity contribution in [2.24, 2.45) is 17.4 Å². The van der Waals surface area contributed by atoms with Gasteiger partial charge in [0.15, 0.2) is 23.9 Å². The topological polar surface area (TPSA) is 562 Å². The molecule has 8 amide bonds. The molecule has 0 aliphatic carbocycles. The Labute approximate surface area is 670 Å². The van der Waals surface area contributed by atoms with E-state index in [4.69, 9.17) is 73.0 Å². The fourth-order valence-electron chi connectivity index (χ4n) is 13.5. The Kier molecular flexibility index (Phi) is 28.8. The number of carbonyl (C=O) groups excluding carboxylic acids is 9. The van der Waals surface area contributed by atoms with Crippen molar-refractivity contribution in [3.05, 3.63) is 117 Å². The summed E-state index contributed by atoms with van der Waals surface area (Å²) in [5.74, 6) is -17.4. The number of rotatable bonds is 18. The number of nitrogens with zero attached hydrogens (tertiary/aromatic N) is 1. The molecular formula is C75H92Cl2F3N11O25. The Hall–Kier alpha value is -9.98. The van der Waals surface area contributed by atoms with Gasteiger partial charge in [-0.2, -0.15) is 13.2 Å². The number of hydrogen-bond acceptors (Lipinski definition) is 27. The van der Waals surface area contributed by atoms with Gasteiger partial charge in [-0.3, -0.25) is 38.4 Å². The predicted octanol–water partition coefficient (Wildman–Crippen LogP) is -0.0772. The molecule has 7 heterocycles. The fourth-order valence-corrected chi connectivity index (χ4v) is 13.9. The summed E-state index contributed by atoms with van der Waals surface area (Å²) in [5.41, 5.74) is 8.71. The van der Waals surface area contributed by atoms with Crippen molar-refractivity contribution in [2.45, 2.75) is 176 Å².